The SMILES string of the molecule is Nc1ccccc1CC(=O)Nc1ccc([C@H]2CCC[C@H](c3ccc(NC(=O)Cc4ccccc4N)nn3)C2)nn1. The molecule has 2 amide bonds. The van der Waals surface area contributed by atoms with Gasteiger partial charge < -0.3 is 22.1 Å². The minimum absolute atomic E-state index is 0.172. The quantitative estimate of drug-likeness (QED) is 0.243. The Bertz CT molecular complexity index is 1360. The van der Waals surface area contributed by atoms with Crippen LogP contribution in [-0.2, 0) is 22.4 Å². The first-order valence-electron chi connectivity index (χ1n) is 13.4. The second kappa shape index (κ2) is 12.3. The van der Waals surface area contributed by atoms with E-state index in [2.05, 4.69) is 31.0 Å². The first kappa shape index (κ1) is 26.7. The zero-order valence-electron chi connectivity index (χ0n) is 22.1. The van der Waals surface area contributed by atoms with E-state index >= 15 is 0 Å². The lowest BCUT2D eigenvalue weighted by atomic mass is 9.78. The molecule has 0 saturated heterocycles. The summed E-state index contributed by atoms with van der Waals surface area (Å²) >= 11 is 0. The molecule has 10 heteroatoms. The molecule has 0 aliphatic heterocycles. The van der Waals surface area contributed by atoms with E-state index in [4.69, 9.17) is 11.5 Å². The van der Waals surface area contributed by atoms with Crippen LogP contribution in [0.15, 0.2) is 72.8 Å². The van der Waals surface area contributed by atoms with Crippen LogP contribution in [-0.4, -0.2) is 32.2 Å². The van der Waals surface area contributed by atoms with Crippen LogP contribution < -0.4 is 22.1 Å². The van der Waals surface area contributed by atoms with Crippen LogP contribution >= 0.6 is 0 Å². The van der Waals surface area contributed by atoms with Gasteiger partial charge in [-0.3, -0.25) is 9.59 Å². The second-order valence-corrected chi connectivity index (χ2v) is 10.1. The third-order valence-corrected chi connectivity index (χ3v) is 7.23. The van der Waals surface area contributed by atoms with Gasteiger partial charge in [-0.2, -0.15) is 10.2 Å². The highest BCUT2D eigenvalue weighted by Crippen LogP contribution is 2.40. The van der Waals surface area contributed by atoms with Crippen molar-refractivity contribution in [2.45, 2.75) is 50.4 Å². The molecule has 1 saturated carbocycles. The molecule has 10 nitrogen and oxygen atoms in total. The number of nitrogen functional groups attached to an aromatic ring is 2. The number of benzene rings is 2. The van der Waals surface area contributed by atoms with E-state index in [0.29, 0.717) is 23.0 Å². The normalized spacial score (nSPS) is 16.7. The Morgan fingerprint density at radius 1 is 0.650 bits per heavy atom. The van der Waals surface area contributed by atoms with Gasteiger partial charge in [0, 0.05) is 23.2 Å². The highest BCUT2D eigenvalue weighted by Gasteiger charge is 2.27. The molecule has 2 heterocycles. The number of hydrogen-bond acceptors (Lipinski definition) is 8. The first-order valence-corrected chi connectivity index (χ1v) is 13.4. The van der Waals surface area contributed by atoms with E-state index < -0.39 is 0 Å². The maximum Gasteiger partial charge on any atom is 0.230 e. The lowest BCUT2D eigenvalue weighted by molar-refractivity contribution is -0.116. The summed E-state index contributed by atoms with van der Waals surface area (Å²) < 4.78 is 0. The topological polar surface area (TPSA) is 162 Å². The fourth-order valence-corrected chi connectivity index (χ4v) is 5.09. The van der Waals surface area contributed by atoms with E-state index in [0.717, 1.165) is 48.2 Å². The van der Waals surface area contributed by atoms with E-state index in [1.54, 1.807) is 24.3 Å². The summed E-state index contributed by atoms with van der Waals surface area (Å²) in [5.41, 5.74) is 16.4. The number of hydrogen-bond donors (Lipinski definition) is 4. The summed E-state index contributed by atoms with van der Waals surface area (Å²) in [6, 6.07) is 22.0. The molecular formula is C30H32N8O2. The monoisotopic (exact) mass is 536 g/mol. The molecule has 0 unspecified atom stereocenters. The van der Waals surface area contributed by atoms with Crippen molar-refractivity contribution in [1.29, 1.82) is 0 Å². The van der Waals surface area contributed by atoms with Crippen molar-refractivity contribution >= 4 is 34.8 Å². The van der Waals surface area contributed by atoms with Crippen LogP contribution in [0, 0.1) is 0 Å². The Morgan fingerprint density at radius 2 is 1.10 bits per heavy atom. The number of rotatable bonds is 8. The number of nitrogens with zero attached hydrogens (tertiary/aromatic N) is 4. The van der Waals surface area contributed by atoms with Gasteiger partial charge in [0.25, 0.3) is 0 Å². The minimum atomic E-state index is -0.194. The van der Waals surface area contributed by atoms with Gasteiger partial charge in [0.2, 0.25) is 11.8 Å². The zero-order valence-corrected chi connectivity index (χ0v) is 22.1. The second-order valence-electron chi connectivity index (χ2n) is 10.1. The van der Waals surface area contributed by atoms with Gasteiger partial charge in [-0.1, -0.05) is 42.8 Å². The van der Waals surface area contributed by atoms with Crippen LogP contribution in [0.5, 0.6) is 0 Å². The van der Waals surface area contributed by atoms with Crippen LogP contribution in [0.1, 0.15) is 60.0 Å². The molecule has 2 aromatic heterocycles. The Balaban J connectivity index is 1.15. The van der Waals surface area contributed by atoms with Crippen LogP contribution in [0.25, 0.3) is 0 Å². The number of anilines is 4. The van der Waals surface area contributed by atoms with Gasteiger partial charge in [-0.15, -0.1) is 10.2 Å². The Kier molecular flexibility index (Phi) is 8.24. The van der Waals surface area contributed by atoms with Gasteiger partial charge in [-0.05, 0) is 66.8 Å². The largest absolute Gasteiger partial charge is 0.398 e. The smallest absolute Gasteiger partial charge is 0.230 e. The van der Waals surface area contributed by atoms with Crippen molar-refractivity contribution in [2.75, 3.05) is 22.1 Å². The molecule has 6 N–H and O–H groups in total. The van der Waals surface area contributed by atoms with Crippen LogP contribution in [0.2, 0.25) is 0 Å². The third kappa shape index (κ3) is 6.76. The molecule has 1 aliphatic rings. The van der Waals surface area contributed by atoms with Crippen molar-refractivity contribution in [2.24, 2.45) is 0 Å². The van der Waals surface area contributed by atoms with E-state index in [-0.39, 0.29) is 36.5 Å². The fraction of sp³-hybridized carbons (Fsp3) is 0.267. The molecule has 0 spiro atoms. The van der Waals surface area contributed by atoms with Gasteiger partial charge in [0.05, 0.1) is 24.2 Å². The summed E-state index contributed by atoms with van der Waals surface area (Å²) in [4.78, 5) is 24.8. The molecule has 0 bridgehead atoms. The average Bonchev–Trinajstić information content (AvgIpc) is 2.96. The number of carbonyl (C=O) groups excluding carboxylic acids is 2. The number of carbonyl (C=O) groups is 2. The van der Waals surface area contributed by atoms with Crippen LogP contribution in [0.3, 0.4) is 0 Å². The summed E-state index contributed by atoms with van der Waals surface area (Å²) in [6.07, 6.45) is 4.27. The van der Waals surface area contributed by atoms with Crippen molar-refractivity contribution in [3.8, 4) is 0 Å². The first-order chi connectivity index (χ1) is 19.4. The molecule has 2 atom stereocenters. The summed E-state index contributed by atoms with van der Waals surface area (Å²) in [5, 5.41) is 22.9. The number of para-hydroxylation sites is 2. The van der Waals surface area contributed by atoms with Crippen molar-refractivity contribution < 1.29 is 9.59 Å². The molecule has 4 aromatic rings. The number of nitrogens with one attached hydrogen (secondary N) is 2. The van der Waals surface area contributed by atoms with E-state index in [1.807, 2.05) is 48.5 Å². The fourth-order valence-electron chi connectivity index (χ4n) is 5.09. The third-order valence-electron chi connectivity index (χ3n) is 7.23. The predicted molar refractivity (Wildman–Crippen MR) is 154 cm³/mol. The van der Waals surface area contributed by atoms with Crippen molar-refractivity contribution in [1.82, 2.24) is 20.4 Å². The molecular weight excluding hydrogens is 504 g/mol. The molecule has 0 radical (unpaired) electrons. The van der Waals surface area contributed by atoms with E-state index in [9.17, 15) is 9.59 Å². The van der Waals surface area contributed by atoms with Gasteiger partial charge in [0.1, 0.15) is 0 Å². The predicted octanol–water partition coefficient (Wildman–Crippen LogP) is 4.23. The maximum atomic E-state index is 12.4. The molecule has 1 aliphatic carbocycles. The highest BCUT2D eigenvalue weighted by molar-refractivity contribution is 5.92. The lowest BCUT2D eigenvalue weighted by Gasteiger charge is -2.28. The number of aromatic nitrogens is 4. The average molecular weight is 537 g/mol. The molecule has 2 aromatic carbocycles. The van der Waals surface area contributed by atoms with Crippen LogP contribution in [0.4, 0.5) is 23.0 Å². The molecule has 204 valence electrons. The van der Waals surface area contributed by atoms with Gasteiger partial charge >= 0.3 is 0 Å². The molecule has 1 fully saturated rings. The summed E-state index contributed by atoms with van der Waals surface area (Å²) in [5.74, 6) is 0.901. The summed E-state index contributed by atoms with van der Waals surface area (Å²) in [6.45, 7) is 0. The molecule has 5 rings (SSSR count). The standard InChI is InChI=1S/C30H32N8O2/c31-23-10-3-1-6-19(23)17-29(39)33-27-14-12-25(35-37-27)21-8-5-9-22(16-21)26-13-15-28(38-36-26)34-30(40)18-20-7-2-4-11-24(20)32/h1-4,6-7,10-15,21-22H,5,8-9,16-18,31-32H2,(H,33,37,39)(H,34,38,40)/t21-,22-/m0/s1. The Hall–Kier alpha value is -4.86. The minimum Gasteiger partial charge on any atom is -0.398 e. The lowest BCUT2D eigenvalue weighted by Crippen LogP contribution is -2.19. The summed E-state index contributed by atoms with van der Waals surface area (Å²) in [7, 11) is 0. The highest BCUT2D eigenvalue weighted by atomic mass is 16.2. The Labute approximate surface area is 232 Å². The zero-order chi connectivity index (χ0) is 27.9. The Morgan fingerprint density at radius 3 is 1.50 bits per heavy atom. The number of amides is 2. The van der Waals surface area contributed by atoms with Crippen molar-refractivity contribution in [3.63, 3.8) is 0 Å². The van der Waals surface area contributed by atoms with Gasteiger partial charge in [-0.25, -0.2) is 0 Å². The van der Waals surface area contributed by atoms with Gasteiger partial charge in [0.15, 0.2) is 11.6 Å². The number of nitrogens with two attached hydrogens (primary N) is 2. The molecule has 40 heavy (non-hydrogen) atoms. The van der Waals surface area contributed by atoms with E-state index in [1.165, 1.54) is 0 Å². The van der Waals surface area contributed by atoms with Crippen molar-refractivity contribution in [3.05, 3.63) is 95.3 Å². The maximum absolute atomic E-state index is 12.4.